The summed E-state index contributed by atoms with van der Waals surface area (Å²) < 4.78 is 15.3. The van der Waals surface area contributed by atoms with E-state index >= 15 is 0 Å². The SMILES string of the molecule is Cc1cc[n+](CC(=O)Nc2ccc(C)cc2F)cc1. The average Bonchev–Trinajstić information content (AvgIpc) is 2.36. The minimum absolute atomic E-state index is 0.160. The van der Waals surface area contributed by atoms with E-state index in [4.69, 9.17) is 0 Å². The molecule has 0 atom stereocenters. The van der Waals surface area contributed by atoms with Crippen molar-refractivity contribution in [3.63, 3.8) is 0 Å². The molecule has 0 aliphatic rings. The second kappa shape index (κ2) is 5.61. The summed E-state index contributed by atoms with van der Waals surface area (Å²) in [6.45, 7) is 3.94. The van der Waals surface area contributed by atoms with Crippen LogP contribution >= 0.6 is 0 Å². The van der Waals surface area contributed by atoms with Crippen LogP contribution in [0.4, 0.5) is 10.1 Å². The molecule has 1 N–H and O–H groups in total. The van der Waals surface area contributed by atoms with Gasteiger partial charge in [-0.05, 0) is 37.1 Å². The zero-order valence-corrected chi connectivity index (χ0v) is 11.0. The van der Waals surface area contributed by atoms with Gasteiger partial charge in [-0.15, -0.1) is 0 Å². The number of carbonyl (C=O) groups excluding carboxylic acids is 1. The first kappa shape index (κ1) is 13.2. The molecule has 0 fully saturated rings. The van der Waals surface area contributed by atoms with Crippen molar-refractivity contribution in [1.82, 2.24) is 0 Å². The fourth-order valence-corrected chi connectivity index (χ4v) is 1.71. The molecular formula is C15H16FN2O+. The summed E-state index contributed by atoms with van der Waals surface area (Å²) in [6, 6.07) is 8.56. The molecule has 1 aromatic carbocycles. The fourth-order valence-electron chi connectivity index (χ4n) is 1.71. The Labute approximate surface area is 111 Å². The van der Waals surface area contributed by atoms with Crippen molar-refractivity contribution in [3.8, 4) is 0 Å². The van der Waals surface area contributed by atoms with E-state index in [9.17, 15) is 9.18 Å². The van der Waals surface area contributed by atoms with Gasteiger partial charge < -0.3 is 5.32 Å². The van der Waals surface area contributed by atoms with Gasteiger partial charge in [0.15, 0.2) is 12.4 Å². The van der Waals surface area contributed by atoms with E-state index in [0.717, 1.165) is 11.1 Å². The molecule has 0 saturated carbocycles. The number of rotatable bonds is 3. The Morgan fingerprint density at radius 3 is 2.47 bits per heavy atom. The highest BCUT2D eigenvalue weighted by Crippen LogP contribution is 2.14. The van der Waals surface area contributed by atoms with Crippen molar-refractivity contribution in [2.45, 2.75) is 20.4 Å². The number of anilines is 1. The highest BCUT2D eigenvalue weighted by molar-refractivity contribution is 5.89. The lowest BCUT2D eigenvalue weighted by atomic mass is 10.2. The predicted molar refractivity (Wildman–Crippen MR) is 71.1 cm³/mol. The van der Waals surface area contributed by atoms with Crippen LogP contribution in [0.1, 0.15) is 11.1 Å². The smallest absolute Gasteiger partial charge is 0.290 e. The van der Waals surface area contributed by atoms with Crippen molar-refractivity contribution in [2.24, 2.45) is 0 Å². The van der Waals surface area contributed by atoms with Crippen molar-refractivity contribution >= 4 is 11.6 Å². The Kier molecular flexibility index (Phi) is 3.90. The van der Waals surface area contributed by atoms with Gasteiger partial charge in [0.2, 0.25) is 6.54 Å². The van der Waals surface area contributed by atoms with E-state index in [2.05, 4.69) is 5.32 Å². The Hall–Kier alpha value is -2.23. The van der Waals surface area contributed by atoms with Crippen LogP contribution in [0.2, 0.25) is 0 Å². The molecule has 0 bridgehead atoms. The third kappa shape index (κ3) is 3.61. The maximum atomic E-state index is 13.6. The van der Waals surface area contributed by atoms with Gasteiger partial charge >= 0.3 is 0 Å². The average molecular weight is 259 g/mol. The lowest BCUT2D eigenvalue weighted by Crippen LogP contribution is -2.39. The van der Waals surface area contributed by atoms with Gasteiger partial charge in [-0.1, -0.05) is 6.07 Å². The number of nitrogens with one attached hydrogen (secondary N) is 1. The van der Waals surface area contributed by atoms with E-state index in [0.29, 0.717) is 0 Å². The summed E-state index contributed by atoms with van der Waals surface area (Å²) in [7, 11) is 0. The molecule has 1 heterocycles. The standard InChI is InChI=1S/C15H15FN2O/c1-11-5-7-18(8-6-11)10-15(19)17-14-4-3-12(2)9-13(14)16/h3-9H,10H2,1-2H3/p+1. The second-order valence-electron chi connectivity index (χ2n) is 4.58. The van der Waals surface area contributed by atoms with Gasteiger partial charge in [0.05, 0.1) is 5.69 Å². The molecule has 2 rings (SSSR count). The van der Waals surface area contributed by atoms with Crippen molar-refractivity contribution in [2.75, 3.05) is 5.32 Å². The van der Waals surface area contributed by atoms with Gasteiger partial charge in [-0.2, -0.15) is 4.57 Å². The Morgan fingerprint density at radius 1 is 1.16 bits per heavy atom. The molecule has 0 saturated heterocycles. The molecule has 0 aliphatic carbocycles. The van der Waals surface area contributed by atoms with Gasteiger partial charge in [0.25, 0.3) is 5.91 Å². The van der Waals surface area contributed by atoms with Crippen LogP contribution in [0.5, 0.6) is 0 Å². The van der Waals surface area contributed by atoms with Crippen molar-refractivity contribution in [3.05, 3.63) is 59.7 Å². The maximum Gasteiger partial charge on any atom is 0.290 e. The van der Waals surface area contributed by atoms with Crippen LogP contribution in [0, 0.1) is 19.7 Å². The molecule has 2 aromatic rings. The quantitative estimate of drug-likeness (QED) is 0.843. The summed E-state index contributed by atoms with van der Waals surface area (Å²) in [5.41, 5.74) is 2.16. The Bertz CT molecular complexity index is 594. The molecule has 0 radical (unpaired) electrons. The number of nitrogens with zero attached hydrogens (tertiary/aromatic N) is 1. The summed E-state index contributed by atoms with van der Waals surface area (Å²) >= 11 is 0. The summed E-state index contributed by atoms with van der Waals surface area (Å²) in [5.74, 6) is -0.668. The lowest BCUT2D eigenvalue weighted by molar-refractivity contribution is -0.684. The van der Waals surface area contributed by atoms with E-state index in [1.165, 1.54) is 6.07 Å². The normalized spacial score (nSPS) is 10.3. The zero-order valence-electron chi connectivity index (χ0n) is 11.0. The largest absolute Gasteiger partial charge is 0.318 e. The summed E-state index contributed by atoms with van der Waals surface area (Å²) in [6.07, 6.45) is 3.64. The van der Waals surface area contributed by atoms with E-state index in [1.54, 1.807) is 23.6 Å². The molecule has 1 aromatic heterocycles. The number of aryl methyl sites for hydroxylation is 2. The maximum absolute atomic E-state index is 13.6. The van der Waals surface area contributed by atoms with Crippen LogP contribution in [-0.2, 0) is 11.3 Å². The molecular weight excluding hydrogens is 243 g/mol. The summed E-state index contributed by atoms with van der Waals surface area (Å²) in [4.78, 5) is 11.8. The minimum Gasteiger partial charge on any atom is -0.318 e. The van der Waals surface area contributed by atoms with Crippen LogP contribution in [0.15, 0.2) is 42.7 Å². The van der Waals surface area contributed by atoms with Crippen LogP contribution in [0.25, 0.3) is 0 Å². The molecule has 3 nitrogen and oxygen atoms in total. The zero-order chi connectivity index (χ0) is 13.8. The number of carbonyl (C=O) groups is 1. The molecule has 0 aliphatic heterocycles. The Morgan fingerprint density at radius 2 is 1.84 bits per heavy atom. The van der Waals surface area contributed by atoms with E-state index in [1.807, 2.05) is 31.5 Å². The van der Waals surface area contributed by atoms with Gasteiger partial charge in [0, 0.05) is 12.1 Å². The third-order valence-corrected chi connectivity index (χ3v) is 2.78. The molecule has 0 unspecified atom stereocenters. The molecule has 4 heteroatoms. The summed E-state index contributed by atoms with van der Waals surface area (Å²) in [5, 5.41) is 2.57. The predicted octanol–water partition coefficient (Wildman–Crippen LogP) is 2.37. The number of aromatic nitrogens is 1. The van der Waals surface area contributed by atoms with E-state index < -0.39 is 5.82 Å². The van der Waals surface area contributed by atoms with Crippen molar-refractivity contribution < 1.29 is 13.8 Å². The van der Waals surface area contributed by atoms with Gasteiger partial charge in [0.1, 0.15) is 5.82 Å². The van der Waals surface area contributed by atoms with Gasteiger partial charge in [-0.25, -0.2) is 4.39 Å². The first-order chi connectivity index (χ1) is 9.04. The van der Waals surface area contributed by atoms with E-state index in [-0.39, 0.29) is 18.1 Å². The third-order valence-electron chi connectivity index (χ3n) is 2.78. The van der Waals surface area contributed by atoms with Gasteiger partial charge in [-0.3, -0.25) is 4.79 Å². The number of benzene rings is 1. The first-order valence-electron chi connectivity index (χ1n) is 6.06. The molecule has 98 valence electrons. The number of hydrogen-bond acceptors (Lipinski definition) is 1. The number of halogens is 1. The monoisotopic (exact) mass is 259 g/mol. The lowest BCUT2D eigenvalue weighted by Gasteiger charge is -2.05. The Balaban J connectivity index is 2.03. The highest BCUT2D eigenvalue weighted by Gasteiger charge is 2.11. The van der Waals surface area contributed by atoms with Crippen molar-refractivity contribution in [1.29, 1.82) is 0 Å². The molecule has 0 spiro atoms. The van der Waals surface area contributed by atoms with Crippen LogP contribution < -0.4 is 9.88 Å². The number of hydrogen-bond donors (Lipinski definition) is 1. The minimum atomic E-state index is -0.415. The highest BCUT2D eigenvalue weighted by atomic mass is 19.1. The second-order valence-corrected chi connectivity index (χ2v) is 4.58. The van der Waals surface area contributed by atoms with Crippen LogP contribution in [-0.4, -0.2) is 5.91 Å². The molecule has 1 amide bonds. The molecule has 19 heavy (non-hydrogen) atoms. The van der Waals surface area contributed by atoms with Crippen LogP contribution in [0.3, 0.4) is 0 Å². The fraction of sp³-hybridized carbons (Fsp3) is 0.200. The number of pyridine rings is 1. The number of amides is 1. The topological polar surface area (TPSA) is 33.0 Å². The first-order valence-corrected chi connectivity index (χ1v) is 6.06.